The third kappa shape index (κ3) is 2.06. The van der Waals surface area contributed by atoms with Gasteiger partial charge in [0, 0.05) is 11.0 Å². The lowest BCUT2D eigenvalue weighted by Crippen LogP contribution is -2.39. The Kier molecular flexibility index (Phi) is 3.44. The molecule has 1 heterocycles. The molecule has 1 amide bonds. The summed E-state index contributed by atoms with van der Waals surface area (Å²) in [4.78, 5) is 14.3. The topological polar surface area (TPSA) is 37.4 Å². The number of nitrogens with zero attached hydrogens (tertiary/aromatic N) is 1. The van der Waals surface area contributed by atoms with Crippen molar-refractivity contribution < 1.29 is 9.00 Å². The van der Waals surface area contributed by atoms with Crippen LogP contribution in [0.5, 0.6) is 0 Å². The Morgan fingerprint density at radius 1 is 1.50 bits per heavy atom. The van der Waals surface area contributed by atoms with Gasteiger partial charge in [-0.2, -0.15) is 0 Å². The van der Waals surface area contributed by atoms with Crippen LogP contribution < -0.4 is 4.90 Å². The number of benzene rings is 1. The second kappa shape index (κ2) is 4.67. The predicted molar refractivity (Wildman–Crippen MR) is 68.1 cm³/mol. The Balaban J connectivity index is 2.51. The summed E-state index contributed by atoms with van der Waals surface area (Å²) >= 11 is 3.37. The lowest BCUT2D eigenvalue weighted by Gasteiger charge is -2.28. The molecule has 0 saturated heterocycles. The number of anilines is 1. The molecule has 1 aromatic rings. The minimum atomic E-state index is -1.19. The molecule has 0 aliphatic carbocycles. The van der Waals surface area contributed by atoms with Crippen LogP contribution in [0.15, 0.2) is 27.6 Å². The summed E-state index contributed by atoms with van der Waals surface area (Å²) in [6.45, 7) is 2.70. The summed E-state index contributed by atoms with van der Waals surface area (Å²) in [5.74, 6) is 0.0556. The number of halogens is 1. The molecule has 3 nitrogen and oxygen atoms in total. The van der Waals surface area contributed by atoms with Crippen molar-refractivity contribution in [2.24, 2.45) is 0 Å². The van der Waals surface area contributed by atoms with Crippen molar-refractivity contribution in [2.75, 3.05) is 17.2 Å². The lowest BCUT2D eigenvalue weighted by atomic mass is 10.2. The molecule has 1 atom stereocenters. The Bertz CT molecular complexity index is 461. The summed E-state index contributed by atoms with van der Waals surface area (Å²) in [6.07, 6.45) is 0.893. The van der Waals surface area contributed by atoms with Crippen LogP contribution in [0.1, 0.15) is 13.3 Å². The summed E-state index contributed by atoms with van der Waals surface area (Å²) in [5, 5.41) is 0. The average molecular weight is 302 g/mol. The fraction of sp³-hybridized carbons (Fsp3) is 0.364. The molecule has 0 N–H and O–H groups in total. The number of fused-ring (bicyclic) bond motifs is 1. The first-order valence-electron chi connectivity index (χ1n) is 5.11. The van der Waals surface area contributed by atoms with Crippen molar-refractivity contribution in [1.29, 1.82) is 0 Å². The van der Waals surface area contributed by atoms with Gasteiger partial charge in [0.1, 0.15) is 5.75 Å². The van der Waals surface area contributed by atoms with Crippen LogP contribution in [0.2, 0.25) is 0 Å². The van der Waals surface area contributed by atoms with Crippen LogP contribution in [-0.4, -0.2) is 22.4 Å². The van der Waals surface area contributed by atoms with Gasteiger partial charge >= 0.3 is 0 Å². The van der Waals surface area contributed by atoms with E-state index in [-0.39, 0.29) is 11.7 Å². The molecule has 5 heteroatoms. The maximum Gasteiger partial charge on any atom is 0.240 e. The minimum Gasteiger partial charge on any atom is -0.310 e. The second-order valence-electron chi connectivity index (χ2n) is 3.65. The van der Waals surface area contributed by atoms with Crippen molar-refractivity contribution in [1.82, 2.24) is 0 Å². The standard InChI is InChI=1S/C11H12BrNO2S/c1-2-5-13-9-6-8(12)3-4-10(9)16(15)7-11(13)14/h3-4,6H,2,5,7H2,1H3. The number of carbonyl (C=O) groups is 1. The summed E-state index contributed by atoms with van der Waals surface area (Å²) < 4.78 is 12.7. The van der Waals surface area contributed by atoms with Gasteiger partial charge in [0.25, 0.3) is 0 Å². The second-order valence-corrected chi connectivity index (χ2v) is 5.98. The molecule has 1 aliphatic heterocycles. The average Bonchev–Trinajstić information content (AvgIpc) is 2.23. The maximum atomic E-state index is 11.8. The zero-order valence-electron chi connectivity index (χ0n) is 8.90. The van der Waals surface area contributed by atoms with E-state index in [0.717, 1.165) is 21.5 Å². The third-order valence-corrected chi connectivity index (χ3v) is 4.30. The fourth-order valence-corrected chi connectivity index (χ4v) is 3.27. The van der Waals surface area contributed by atoms with E-state index in [1.807, 2.05) is 25.1 Å². The van der Waals surface area contributed by atoms with Gasteiger partial charge in [0.2, 0.25) is 5.91 Å². The van der Waals surface area contributed by atoms with Gasteiger partial charge in [-0.3, -0.25) is 9.00 Å². The van der Waals surface area contributed by atoms with Crippen LogP contribution in [-0.2, 0) is 15.6 Å². The highest BCUT2D eigenvalue weighted by molar-refractivity contribution is 9.10. The molecule has 2 rings (SSSR count). The Hall–Kier alpha value is -0.680. The summed E-state index contributed by atoms with van der Waals surface area (Å²) in [5.41, 5.74) is 0.783. The number of carbonyl (C=O) groups excluding carboxylic acids is 1. The fourth-order valence-electron chi connectivity index (χ4n) is 1.76. The summed E-state index contributed by atoms with van der Waals surface area (Å²) in [6, 6.07) is 5.54. The van der Waals surface area contributed by atoms with E-state index < -0.39 is 10.8 Å². The van der Waals surface area contributed by atoms with Gasteiger partial charge in [-0.15, -0.1) is 0 Å². The molecule has 0 spiro atoms. The molecule has 1 aromatic carbocycles. The van der Waals surface area contributed by atoms with Gasteiger partial charge in [-0.05, 0) is 24.6 Å². The Morgan fingerprint density at radius 3 is 2.94 bits per heavy atom. The Labute approximate surface area is 105 Å². The number of hydrogen-bond acceptors (Lipinski definition) is 2. The largest absolute Gasteiger partial charge is 0.310 e. The van der Waals surface area contributed by atoms with Crippen molar-refractivity contribution in [3.8, 4) is 0 Å². The molecule has 0 aromatic heterocycles. The van der Waals surface area contributed by atoms with Crippen LogP contribution >= 0.6 is 15.9 Å². The number of rotatable bonds is 2. The molecule has 0 radical (unpaired) electrons. The molecular formula is C11H12BrNO2S. The first-order chi connectivity index (χ1) is 7.63. The highest BCUT2D eigenvalue weighted by Crippen LogP contribution is 2.31. The van der Waals surface area contributed by atoms with E-state index >= 15 is 0 Å². The van der Waals surface area contributed by atoms with Gasteiger partial charge in [-0.25, -0.2) is 0 Å². The number of hydrogen-bond donors (Lipinski definition) is 0. The van der Waals surface area contributed by atoms with Gasteiger partial charge in [0.05, 0.1) is 21.4 Å². The van der Waals surface area contributed by atoms with Crippen LogP contribution in [0.4, 0.5) is 5.69 Å². The van der Waals surface area contributed by atoms with Crippen molar-refractivity contribution >= 4 is 38.3 Å². The van der Waals surface area contributed by atoms with E-state index in [1.165, 1.54) is 0 Å². The monoisotopic (exact) mass is 301 g/mol. The minimum absolute atomic E-state index is 0.0502. The molecule has 0 bridgehead atoms. The van der Waals surface area contributed by atoms with E-state index in [1.54, 1.807) is 4.90 Å². The third-order valence-electron chi connectivity index (χ3n) is 2.46. The molecule has 0 fully saturated rings. The number of amides is 1. The molecule has 16 heavy (non-hydrogen) atoms. The maximum absolute atomic E-state index is 11.8. The van der Waals surface area contributed by atoms with Gasteiger partial charge in [0.15, 0.2) is 0 Å². The lowest BCUT2D eigenvalue weighted by molar-refractivity contribution is -0.116. The SMILES string of the molecule is CCCN1C(=O)CS(=O)c2ccc(Br)cc21. The summed E-state index contributed by atoms with van der Waals surface area (Å²) in [7, 11) is -1.19. The van der Waals surface area contributed by atoms with E-state index in [0.29, 0.717) is 6.54 Å². The normalized spacial score (nSPS) is 19.8. The first-order valence-corrected chi connectivity index (χ1v) is 7.23. The van der Waals surface area contributed by atoms with E-state index in [2.05, 4.69) is 15.9 Å². The van der Waals surface area contributed by atoms with Crippen molar-refractivity contribution in [3.05, 3.63) is 22.7 Å². The first kappa shape index (κ1) is 11.8. The molecule has 1 unspecified atom stereocenters. The highest BCUT2D eigenvalue weighted by Gasteiger charge is 2.28. The predicted octanol–water partition coefficient (Wildman–Crippen LogP) is 2.31. The quantitative estimate of drug-likeness (QED) is 0.841. The molecule has 0 saturated carbocycles. The highest BCUT2D eigenvalue weighted by atomic mass is 79.9. The van der Waals surface area contributed by atoms with Crippen molar-refractivity contribution in [2.45, 2.75) is 18.2 Å². The van der Waals surface area contributed by atoms with Gasteiger partial charge in [-0.1, -0.05) is 22.9 Å². The zero-order chi connectivity index (χ0) is 11.7. The zero-order valence-corrected chi connectivity index (χ0v) is 11.3. The van der Waals surface area contributed by atoms with Crippen LogP contribution in [0, 0.1) is 0 Å². The van der Waals surface area contributed by atoms with Crippen LogP contribution in [0.3, 0.4) is 0 Å². The Morgan fingerprint density at radius 2 is 2.25 bits per heavy atom. The molecule has 1 aliphatic rings. The van der Waals surface area contributed by atoms with E-state index in [4.69, 9.17) is 0 Å². The van der Waals surface area contributed by atoms with Crippen molar-refractivity contribution in [3.63, 3.8) is 0 Å². The van der Waals surface area contributed by atoms with E-state index in [9.17, 15) is 9.00 Å². The smallest absolute Gasteiger partial charge is 0.240 e. The van der Waals surface area contributed by atoms with Gasteiger partial charge < -0.3 is 4.90 Å². The van der Waals surface area contributed by atoms with Crippen LogP contribution in [0.25, 0.3) is 0 Å². The molecule has 86 valence electrons. The molecular weight excluding hydrogens is 290 g/mol.